The van der Waals surface area contributed by atoms with Crippen molar-refractivity contribution in [1.82, 2.24) is 9.78 Å². The van der Waals surface area contributed by atoms with Gasteiger partial charge >= 0.3 is 6.55 Å². The van der Waals surface area contributed by atoms with Gasteiger partial charge in [-0.1, -0.05) is 12.1 Å². The molecule has 0 saturated heterocycles. The van der Waals surface area contributed by atoms with E-state index < -0.39 is 12.5 Å². The average molecular weight is 265 g/mol. The van der Waals surface area contributed by atoms with Crippen LogP contribution in [0.25, 0.3) is 0 Å². The summed E-state index contributed by atoms with van der Waals surface area (Å²) >= 11 is 0. The Morgan fingerprint density at radius 3 is 2.74 bits per heavy atom. The first-order chi connectivity index (χ1) is 9.00. The van der Waals surface area contributed by atoms with E-state index in [-0.39, 0.29) is 5.69 Å². The van der Waals surface area contributed by atoms with Crippen LogP contribution in [0.1, 0.15) is 28.2 Å². The number of carbonyl (C=O) groups excluding carboxylic acids is 1. The van der Waals surface area contributed by atoms with Crippen LogP contribution < -0.4 is 5.32 Å². The van der Waals surface area contributed by atoms with Crippen molar-refractivity contribution in [2.45, 2.75) is 20.4 Å². The van der Waals surface area contributed by atoms with E-state index in [9.17, 15) is 13.6 Å². The molecule has 1 heterocycles. The number of carbonyl (C=O) groups is 1. The lowest BCUT2D eigenvalue weighted by Gasteiger charge is -2.11. The summed E-state index contributed by atoms with van der Waals surface area (Å²) in [4.78, 5) is 12.0. The Labute approximate surface area is 109 Å². The minimum absolute atomic E-state index is 0.170. The fraction of sp³-hybridized carbons (Fsp3) is 0.231. The molecule has 1 aromatic heterocycles. The number of hydrogen-bond acceptors (Lipinski definition) is 2. The third-order valence-electron chi connectivity index (χ3n) is 2.94. The summed E-state index contributed by atoms with van der Waals surface area (Å²) < 4.78 is 25.6. The van der Waals surface area contributed by atoms with Crippen LogP contribution in [0.15, 0.2) is 30.5 Å². The van der Waals surface area contributed by atoms with Gasteiger partial charge in [0.25, 0.3) is 5.91 Å². The molecule has 0 bridgehead atoms. The second kappa shape index (κ2) is 5.17. The Hall–Kier alpha value is -2.24. The SMILES string of the molecule is Cc1cccc(NC(=O)c2ccnn2C(F)F)c1C. The minimum atomic E-state index is -2.84. The largest absolute Gasteiger partial charge is 0.333 e. The van der Waals surface area contributed by atoms with Gasteiger partial charge < -0.3 is 5.32 Å². The first-order valence-electron chi connectivity index (χ1n) is 5.70. The van der Waals surface area contributed by atoms with Crippen molar-refractivity contribution in [2.75, 3.05) is 5.32 Å². The molecule has 0 atom stereocenters. The molecule has 2 rings (SSSR count). The van der Waals surface area contributed by atoms with Crippen LogP contribution in [0, 0.1) is 13.8 Å². The molecule has 2 aromatic rings. The van der Waals surface area contributed by atoms with Gasteiger partial charge in [-0.3, -0.25) is 4.79 Å². The number of nitrogens with zero attached hydrogens (tertiary/aromatic N) is 2. The smallest absolute Gasteiger partial charge is 0.320 e. The van der Waals surface area contributed by atoms with Crippen LogP contribution in [0.5, 0.6) is 0 Å². The normalized spacial score (nSPS) is 10.8. The maximum Gasteiger partial charge on any atom is 0.333 e. The van der Waals surface area contributed by atoms with E-state index in [0.29, 0.717) is 10.4 Å². The summed E-state index contributed by atoms with van der Waals surface area (Å²) in [6.45, 7) is 0.929. The van der Waals surface area contributed by atoms with Crippen LogP contribution in [0.4, 0.5) is 14.5 Å². The van der Waals surface area contributed by atoms with Crippen molar-refractivity contribution < 1.29 is 13.6 Å². The van der Waals surface area contributed by atoms with Gasteiger partial charge in [0.1, 0.15) is 5.69 Å². The predicted octanol–water partition coefficient (Wildman–Crippen LogP) is 3.15. The maximum atomic E-state index is 12.6. The lowest BCUT2D eigenvalue weighted by molar-refractivity contribution is 0.0520. The van der Waals surface area contributed by atoms with Crippen molar-refractivity contribution in [2.24, 2.45) is 0 Å². The van der Waals surface area contributed by atoms with Gasteiger partial charge in [0.2, 0.25) is 0 Å². The van der Waals surface area contributed by atoms with Crippen LogP contribution in [-0.4, -0.2) is 15.7 Å². The summed E-state index contributed by atoms with van der Waals surface area (Å²) in [6.07, 6.45) is 1.17. The molecule has 0 fully saturated rings. The maximum absolute atomic E-state index is 12.6. The third kappa shape index (κ3) is 2.62. The molecule has 6 heteroatoms. The van der Waals surface area contributed by atoms with E-state index in [2.05, 4.69) is 10.4 Å². The lowest BCUT2D eigenvalue weighted by Crippen LogP contribution is -2.18. The quantitative estimate of drug-likeness (QED) is 0.926. The molecule has 4 nitrogen and oxygen atoms in total. The Bertz CT molecular complexity index is 608. The molecule has 100 valence electrons. The molecule has 0 aliphatic heterocycles. The molecular formula is C13H13F2N3O. The Morgan fingerprint density at radius 1 is 1.32 bits per heavy atom. The highest BCUT2D eigenvalue weighted by atomic mass is 19.3. The van der Waals surface area contributed by atoms with E-state index >= 15 is 0 Å². The summed E-state index contributed by atoms with van der Waals surface area (Å²) in [7, 11) is 0. The highest BCUT2D eigenvalue weighted by molar-refractivity contribution is 6.03. The zero-order valence-corrected chi connectivity index (χ0v) is 10.5. The number of rotatable bonds is 3. The molecule has 19 heavy (non-hydrogen) atoms. The first-order valence-corrected chi connectivity index (χ1v) is 5.70. The van der Waals surface area contributed by atoms with E-state index in [1.807, 2.05) is 19.9 Å². The molecule has 0 radical (unpaired) electrons. The van der Waals surface area contributed by atoms with Gasteiger partial charge in [-0.15, -0.1) is 0 Å². The molecule has 1 N–H and O–H groups in total. The number of nitrogens with one attached hydrogen (secondary N) is 1. The summed E-state index contributed by atoms with van der Waals surface area (Å²) in [5.41, 5.74) is 2.35. The second-order valence-electron chi connectivity index (χ2n) is 4.14. The third-order valence-corrected chi connectivity index (χ3v) is 2.94. The van der Waals surface area contributed by atoms with Crippen LogP contribution >= 0.6 is 0 Å². The van der Waals surface area contributed by atoms with E-state index in [1.54, 1.807) is 12.1 Å². The number of halogens is 2. The Morgan fingerprint density at radius 2 is 2.05 bits per heavy atom. The topological polar surface area (TPSA) is 46.9 Å². The number of anilines is 1. The fourth-order valence-corrected chi connectivity index (χ4v) is 1.72. The van der Waals surface area contributed by atoms with Gasteiger partial charge in [-0.05, 0) is 37.1 Å². The minimum Gasteiger partial charge on any atom is -0.320 e. The van der Waals surface area contributed by atoms with E-state index in [4.69, 9.17) is 0 Å². The van der Waals surface area contributed by atoms with Crippen molar-refractivity contribution in [1.29, 1.82) is 0 Å². The Balaban J connectivity index is 2.26. The standard InChI is InChI=1S/C13H13F2N3O/c1-8-4-3-5-10(9(8)2)17-12(19)11-6-7-16-18(11)13(14)15/h3-7,13H,1-2H3,(H,17,19). The number of alkyl halides is 2. The highest BCUT2D eigenvalue weighted by Crippen LogP contribution is 2.19. The van der Waals surface area contributed by atoms with Crippen molar-refractivity contribution in [3.63, 3.8) is 0 Å². The molecule has 1 amide bonds. The van der Waals surface area contributed by atoms with E-state index in [0.717, 1.165) is 11.1 Å². The summed E-state index contributed by atoms with van der Waals surface area (Å²) in [6, 6.07) is 6.69. The van der Waals surface area contributed by atoms with Crippen molar-refractivity contribution in [3.8, 4) is 0 Å². The van der Waals surface area contributed by atoms with Gasteiger partial charge in [-0.25, -0.2) is 0 Å². The zero-order valence-electron chi connectivity index (χ0n) is 10.5. The number of hydrogen-bond donors (Lipinski definition) is 1. The van der Waals surface area contributed by atoms with Crippen LogP contribution in [0.3, 0.4) is 0 Å². The number of benzene rings is 1. The van der Waals surface area contributed by atoms with Gasteiger partial charge in [-0.2, -0.15) is 18.6 Å². The van der Waals surface area contributed by atoms with Crippen molar-refractivity contribution in [3.05, 3.63) is 47.3 Å². The molecule has 0 spiro atoms. The van der Waals surface area contributed by atoms with Gasteiger partial charge in [0, 0.05) is 11.9 Å². The van der Waals surface area contributed by atoms with Crippen LogP contribution in [0.2, 0.25) is 0 Å². The molecule has 0 aliphatic rings. The second-order valence-corrected chi connectivity index (χ2v) is 4.14. The highest BCUT2D eigenvalue weighted by Gasteiger charge is 2.18. The van der Waals surface area contributed by atoms with E-state index in [1.165, 1.54) is 12.3 Å². The number of aryl methyl sites for hydroxylation is 1. The monoisotopic (exact) mass is 265 g/mol. The number of amides is 1. The number of aromatic nitrogens is 2. The van der Waals surface area contributed by atoms with Gasteiger partial charge in [0.05, 0.1) is 0 Å². The Kier molecular flexibility index (Phi) is 3.59. The first kappa shape index (κ1) is 13.2. The van der Waals surface area contributed by atoms with Crippen LogP contribution in [-0.2, 0) is 0 Å². The fourth-order valence-electron chi connectivity index (χ4n) is 1.72. The van der Waals surface area contributed by atoms with Gasteiger partial charge in [0.15, 0.2) is 0 Å². The molecule has 0 unspecified atom stereocenters. The average Bonchev–Trinajstić information content (AvgIpc) is 2.84. The summed E-state index contributed by atoms with van der Waals surface area (Å²) in [5.74, 6) is -0.605. The predicted molar refractivity (Wildman–Crippen MR) is 67.3 cm³/mol. The summed E-state index contributed by atoms with van der Waals surface area (Å²) in [5, 5.41) is 6.04. The molecule has 1 aromatic carbocycles. The zero-order chi connectivity index (χ0) is 14.0. The van der Waals surface area contributed by atoms with Crippen molar-refractivity contribution >= 4 is 11.6 Å². The molecule has 0 saturated carbocycles. The molecule has 0 aliphatic carbocycles. The molecular weight excluding hydrogens is 252 g/mol. The lowest BCUT2D eigenvalue weighted by atomic mass is 10.1.